The minimum absolute atomic E-state index is 0.0160. The topological polar surface area (TPSA) is 9.23 Å². The molecule has 0 bridgehead atoms. The van der Waals surface area contributed by atoms with E-state index in [9.17, 15) is 0 Å². The Hall–Kier alpha value is 0.308. The van der Waals surface area contributed by atoms with Crippen molar-refractivity contribution in [1.29, 1.82) is 0 Å². The summed E-state index contributed by atoms with van der Waals surface area (Å²) >= 11 is 0. The second-order valence-electron chi connectivity index (χ2n) is 7.58. The van der Waals surface area contributed by atoms with E-state index in [2.05, 4.69) is 77.7 Å². The van der Waals surface area contributed by atoms with Crippen LogP contribution in [-0.2, 0) is 4.43 Å². The Balaban J connectivity index is 3.60. The quantitative estimate of drug-likeness (QED) is 0.698. The summed E-state index contributed by atoms with van der Waals surface area (Å²) < 4.78 is 6.78. The van der Waals surface area contributed by atoms with Gasteiger partial charge in [-0.25, -0.2) is 0 Å². The molecule has 0 saturated carbocycles. The standard InChI is InChI=1S/C13H30OSi4/c1-11-17(9)13(3,4)14-18(10,12-2)16(7,8)15(17,5)6/h11-12H,1-2H2,3-10H3. The van der Waals surface area contributed by atoms with Crippen molar-refractivity contribution in [2.24, 2.45) is 0 Å². The monoisotopic (exact) mass is 314 g/mol. The fourth-order valence-corrected chi connectivity index (χ4v) is 71.1. The van der Waals surface area contributed by atoms with Gasteiger partial charge in [0.25, 0.3) is 0 Å². The summed E-state index contributed by atoms with van der Waals surface area (Å²) in [7, 11) is -6.07. The highest BCUT2D eigenvalue weighted by Crippen LogP contribution is 2.48. The Labute approximate surface area is 117 Å². The molecule has 1 aliphatic heterocycles. The SMILES string of the molecule is C=C[Si]1(C)OC(C)(C)[Si](C)(C=C)[Si](C)(C)[Si]1(C)C. The van der Waals surface area contributed by atoms with Gasteiger partial charge in [-0.1, -0.05) is 38.4 Å². The summed E-state index contributed by atoms with van der Waals surface area (Å²) in [5, 5.41) is 0.0160. The largest absolute Gasteiger partial charge is 0.414 e. The first-order valence-corrected chi connectivity index (χ1v) is 20.9. The van der Waals surface area contributed by atoms with E-state index in [-0.39, 0.29) is 5.22 Å². The van der Waals surface area contributed by atoms with Gasteiger partial charge in [0, 0.05) is 12.3 Å². The lowest BCUT2D eigenvalue weighted by molar-refractivity contribution is 0.186. The van der Waals surface area contributed by atoms with Crippen LogP contribution in [0.2, 0.25) is 39.3 Å². The minimum Gasteiger partial charge on any atom is -0.414 e. The molecule has 104 valence electrons. The van der Waals surface area contributed by atoms with Gasteiger partial charge in [0.15, 0.2) is 7.83 Å². The van der Waals surface area contributed by atoms with E-state index in [1.54, 1.807) is 0 Å². The van der Waals surface area contributed by atoms with Crippen molar-refractivity contribution in [1.82, 2.24) is 0 Å². The lowest BCUT2D eigenvalue weighted by Gasteiger charge is -2.65. The molecule has 1 aliphatic rings. The maximum Gasteiger partial charge on any atom is 0.196 e. The average Bonchev–Trinajstić information content (AvgIpc) is 2.24. The number of hydrogen-bond acceptors (Lipinski definition) is 1. The summed E-state index contributed by atoms with van der Waals surface area (Å²) in [6, 6.07) is 0. The first-order chi connectivity index (χ1) is 7.83. The molecule has 0 radical (unpaired) electrons. The molecule has 0 aliphatic carbocycles. The van der Waals surface area contributed by atoms with Gasteiger partial charge in [0.2, 0.25) is 0 Å². The highest BCUT2D eigenvalue weighted by Gasteiger charge is 2.71. The fraction of sp³-hybridized carbons (Fsp3) is 0.692. The third kappa shape index (κ3) is 1.64. The van der Waals surface area contributed by atoms with Crippen molar-refractivity contribution in [3.05, 3.63) is 24.6 Å². The molecular weight excluding hydrogens is 284 g/mol. The summed E-state index contributed by atoms with van der Waals surface area (Å²) in [6.45, 7) is 28.3. The van der Waals surface area contributed by atoms with Gasteiger partial charge in [0.05, 0.1) is 14.7 Å². The third-order valence-corrected chi connectivity index (χ3v) is 70.7. The van der Waals surface area contributed by atoms with E-state index in [0.29, 0.717) is 0 Å². The summed E-state index contributed by atoms with van der Waals surface area (Å²) in [4.78, 5) is 0. The molecule has 0 aromatic carbocycles. The highest BCUT2D eigenvalue weighted by molar-refractivity contribution is 7.84. The zero-order valence-electron chi connectivity index (χ0n) is 13.5. The number of rotatable bonds is 2. The molecule has 0 aromatic heterocycles. The minimum atomic E-state index is -1.76. The first-order valence-electron chi connectivity index (χ1n) is 6.80. The van der Waals surface area contributed by atoms with Crippen LogP contribution in [0.3, 0.4) is 0 Å². The van der Waals surface area contributed by atoms with E-state index in [0.717, 1.165) is 0 Å². The van der Waals surface area contributed by atoms with Gasteiger partial charge in [-0.05, 0) is 20.4 Å². The van der Waals surface area contributed by atoms with Crippen molar-refractivity contribution in [3.8, 4) is 0 Å². The Bertz CT molecular complexity index is 388. The van der Waals surface area contributed by atoms with Gasteiger partial charge in [0.1, 0.15) is 0 Å². The Morgan fingerprint density at radius 1 is 0.833 bits per heavy atom. The third-order valence-electron chi connectivity index (χ3n) is 6.62. The van der Waals surface area contributed by atoms with Crippen molar-refractivity contribution >= 4 is 29.6 Å². The normalized spacial score (nSPS) is 41.1. The highest BCUT2D eigenvalue weighted by atomic mass is 29.8. The smallest absolute Gasteiger partial charge is 0.196 e. The fourth-order valence-electron chi connectivity index (χ4n) is 3.58. The van der Waals surface area contributed by atoms with Crippen molar-refractivity contribution in [3.63, 3.8) is 0 Å². The summed E-state index contributed by atoms with van der Waals surface area (Å²) in [5.74, 6) is 0. The van der Waals surface area contributed by atoms with E-state index in [1.807, 2.05) is 0 Å². The van der Waals surface area contributed by atoms with Crippen LogP contribution >= 0.6 is 0 Å². The first kappa shape index (κ1) is 16.4. The Kier molecular flexibility index (Phi) is 3.77. The molecule has 1 fully saturated rings. The van der Waals surface area contributed by atoms with Gasteiger partial charge in [-0.3, -0.25) is 0 Å². The predicted molar refractivity (Wildman–Crippen MR) is 93.8 cm³/mol. The lowest BCUT2D eigenvalue weighted by Crippen LogP contribution is -2.90. The van der Waals surface area contributed by atoms with Crippen LogP contribution in [0.5, 0.6) is 0 Å². The zero-order valence-corrected chi connectivity index (χ0v) is 17.5. The van der Waals surface area contributed by atoms with Crippen molar-refractivity contribution in [2.75, 3.05) is 0 Å². The van der Waals surface area contributed by atoms with E-state index < -0.39 is 29.6 Å². The van der Waals surface area contributed by atoms with Crippen molar-refractivity contribution in [2.45, 2.75) is 58.4 Å². The van der Waals surface area contributed by atoms with E-state index in [4.69, 9.17) is 4.43 Å². The van der Waals surface area contributed by atoms with Crippen LogP contribution < -0.4 is 0 Å². The van der Waals surface area contributed by atoms with Crippen LogP contribution in [0.15, 0.2) is 24.6 Å². The van der Waals surface area contributed by atoms with Crippen LogP contribution in [0.1, 0.15) is 13.8 Å². The Morgan fingerprint density at radius 3 is 1.61 bits per heavy atom. The molecule has 5 heteroatoms. The molecular formula is C13H30OSi4. The van der Waals surface area contributed by atoms with E-state index >= 15 is 0 Å². The predicted octanol–water partition coefficient (Wildman–Crippen LogP) is 4.09. The molecule has 1 heterocycles. The summed E-state index contributed by atoms with van der Waals surface area (Å²) in [5.41, 5.74) is 4.54. The van der Waals surface area contributed by atoms with Gasteiger partial charge >= 0.3 is 0 Å². The maximum atomic E-state index is 6.78. The zero-order chi connectivity index (χ0) is 14.6. The van der Waals surface area contributed by atoms with Crippen molar-refractivity contribution < 1.29 is 4.43 Å². The molecule has 2 unspecified atom stereocenters. The molecule has 0 N–H and O–H groups in total. The summed E-state index contributed by atoms with van der Waals surface area (Å²) in [6.07, 6.45) is 0. The molecule has 0 aromatic rings. The lowest BCUT2D eigenvalue weighted by atomic mass is 10.5. The molecule has 2 atom stereocenters. The molecule has 18 heavy (non-hydrogen) atoms. The van der Waals surface area contributed by atoms with Crippen LogP contribution in [0.25, 0.3) is 0 Å². The van der Waals surface area contributed by atoms with Crippen LogP contribution in [0, 0.1) is 0 Å². The molecule has 1 nitrogen and oxygen atoms in total. The van der Waals surface area contributed by atoms with Gasteiger partial charge in [-0.2, -0.15) is 0 Å². The molecule has 0 spiro atoms. The van der Waals surface area contributed by atoms with Gasteiger partial charge in [-0.15, -0.1) is 18.9 Å². The second kappa shape index (κ2) is 4.15. The van der Waals surface area contributed by atoms with Crippen LogP contribution in [0.4, 0.5) is 0 Å². The number of hydrogen-bond donors (Lipinski definition) is 0. The van der Waals surface area contributed by atoms with Gasteiger partial charge < -0.3 is 4.43 Å². The molecule has 0 amide bonds. The Morgan fingerprint density at radius 2 is 1.28 bits per heavy atom. The molecule has 1 saturated heterocycles. The van der Waals surface area contributed by atoms with Crippen LogP contribution in [-0.4, -0.2) is 34.9 Å². The second-order valence-corrected chi connectivity index (χ2v) is 45.0. The maximum absolute atomic E-state index is 6.78. The average molecular weight is 315 g/mol. The van der Waals surface area contributed by atoms with E-state index in [1.165, 1.54) is 0 Å². The molecule has 1 rings (SSSR count).